The normalized spacial score (nSPS) is 11.8. The van der Waals surface area contributed by atoms with E-state index in [4.69, 9.17) is 4.74 Å². The molecule has 0 aromatic heterocycles. The molecule has 10 heteroatoms. The van der Waals surface area contributed by atoms with E-state index in [9.17, 15) is 31.1 Å². The second-order valence-corrected chi connectivity index (χ2v) is 5.08. The quantitative estimate of drug-likeness (QED) is 0.394. The van der Waals surface area contributed by atoms with Crippen molar-refractivity contribution in [3.05, 3.63) is 53.6 Å². The summed E-state index contributed by atoms with van der Waals surface area (Å²) >= 11 is 0. The van der Waals surface area contributed by atoms with Crippen LogP contribution in [0.25, 0.3) is 0 Å². The summed E-state index contributed by atoms with van der Waals surface area (Å²) in [5.74, 6) is -3.53. The maximum Gasteiger partial charge on any atom is 0.573 e. The third-order valence-electron chi connectivity index (χ3n) is 3.19. The number of hydrogen-bond donors (Lipinski definition) is 0. The fraction of sp³-hybridized carbons (Fsp3) is 0.235. The Kier molecular flexibility index (Phi) is 5.87. The highest BCUT2D eigenvalue weighted by Crippen LogP contribution is 2.35. The van der Waals surface area contributed by atoms with Gasteiger partial charge in [0, 0.05) is 0 Å². The van der Waals surface area contributed by atoms with E-state index < -0.39 is 41.5 Å². The van der Waals surface area contributed by atoms with Gasteiger partial charge in [0.05, 0.1) is 0 Å². The lowest BCUT2D eigenvalue weighted by Crippen LogP contribution is -2.22. The second-order valence-electron chi connectivity index (χ2n) is 5.08. The molecule has 0 aliphatic carbocycles. The third-order valence-corrected chi connectivity index (χ3v) is 3.19. The molecule has 0 atom stereocenters. The molecule has 27 heavy (non-hydrogen) atoms. The van der Waals surface area contributed by atoms with Crippen LogP contribution >= 0.6 is 0 Å². The topological polar surface area (TPSA) is 44.8 Å². The Labute approximate surface area is 149 Å². The molecule has 4 nitrogen and oxygen atoms in total. The summed E-state index contributed by atoms with van der Waals surface area (Å²) in [4.78, 5) is 12.3. The molecule has 0 amide bonds. The number of para-hydroxylation sites is 3. The molecule has 0 spiro atoms. The first kappa shape index (κ1) is 20.4. The van der Waals surface area contributed by atoms with Gasteiger partial charge in [0.15, 0.2) is 11.5 Å². The van der Waals surface area contributed by atoms with Crippen LogP contribution in [0.3, 0.4) is 0 Å². The zero-order chi connectivity index (χ0) is 20.2. The summed E-state index contributed by atoms with van der Waals surface area (Å²) in [5.41, 5.74) is -0.518. The van der Waals surface area contributed by atoms with E-state index >= 15 is 0 Å². The van der Waals surface area contributed by atoms with Gasteiger partial charge in [-0.05, 0) is 30.2 Å². The summed E-state index contributed by atoms with van der Waals surface area (Å²) in [6.45, 7) is 1.54. The zero-order valence-electron chi connectivity index (χ0n) is 13.6. The molecule has 0 fully saturated rings. The lowest BCUT2D eigenvalue weighted by molar-refractivity contribution is -0.276. The van der Waals surface area contributed by atoms with Crippen LogP contribution in [-0.4, -0.2) is 18.7 Å². The summed E-state index contributed by atoms with van der Waals surface area (Å²) in [6, 6.07) is 8.00. The first-order chi connectivity index (χ1) is 12.5. The van der Waals surface area contributed by atoms with Crippen molar-refractivity contribution in [3.8, 4) is 17.2 Å². The van der Waals surface area contributed by atoms with Crippen molar-refractivity contribution in [1.82, 2.24) is 0 Å². The van der Waals surface area contributed by atoms with Crippen molar-refractivity contribution in [1.29, 1.82) is 0 Å². The molecule has 2 rings (SSSR count). The van der Waals surface area contributed by atoms with Gasteiger partial charge in [0.25, 0.3) is 0 Å². The highest BCUT2D eigenvalue weighted by atomic mass is 19.4. The van der Waals surface area contributed by atoms with Gasteiger partial charge in [-0.1, -0.05) is 31.2 Å². The number of aryl methyl sites for hydroxylation is 1. The van der Waals surface area contributed by atoms with Crippen LogP contribution < -0.4 is 14.2 Å². The molecule has 0 unspecified atom stereocenters. The van der Waals surface area contributed by atoms with E-state index in [0.29, 0.717) is 0 Å². The van der Waals surface area contributed by atoms with Crippen LogP contribution in [0, 0.1) is 0 Å². The predicted molar refractivity (Wildman–Crippen MR) is 80.6 cm³/mol. The van der Waals surface area contributed by atoms with Crippen LogP contribution in [0.15, 0.2) is 42.5 Å². The Morgan fingerprint density at radius 2 is 1.44 bits per heavy atom. The van der Waals surface area contributed by atoms with E-state index in [1.54, 1.807) is 6.92 Å². The highest BCUT2D eigenvalue weighted by molar-refractivity contribution is 5.94. The molecule has 0 N–H and O–H groups in total. The minimum absolute atomic E-state index is 0.0709. The van der Waals surface area contributed by atoms with Crippen LogP contribution in [-0.2, 0) is 6.42 Å². The van der Waals surface area contributed by atoms with Gasteiger partial charge in [0.2, 0.25) is 0 Å². The first-order valence-corrected chi connectivity index (χ1v) is 7.44. The summed E-state index contributed by atoms with van der Waals surface area (Å²) in [5, 5.41) is 0. The van der Waals surface area contributed by atoms with Crippen molar-refractivity contribution in [2.24, 2.45) is 0 Å². The van der Waals surface area contributed by atoms with Crippen LogP contribution in [0.1, 0.15) is 22.8 Å². The van der Waals surface area contributed by atoms with E-state index in [-0.39, 0.29) is 12.0 Å². The Hall–Kier alpha value is -2.91. The van der Waals surface area contributed by atoms with Gasteiger partial charge in [-0.15, -0.1) is 26.3 Å². The Morgan fingerprint density at radius 1 is 0.852 bits per heavy atom. The monoisotopic (exact) mass is 394 g/mol. The van der Waals surface area contributed by atoms with Gasteiger partial charge in [-0.25, -0.2) is 4.79 Å². The van der Waals surface area contributed by atoms with Gasteiger partial charge >= 0.3 is 18.7 Å². The van der Waals surface area contributed by atoms with E-state index in [0.717, 1.165) is 18.2 Å². The zero-order valence-corrected chi connectivity index (χ0v) is 13.6. The third kappa shape index (κ3) is 5.80. The van der Waals surface area contributed by atoms with Gasteiger partial charge in [-0.2, -0.15) is 0 Å². The molecule has 0 aliphatic heterocycles. The highest BCUT2D eigenvalue weighted by Gasteiger charge is 2.35. The molecule has 2 aromatic rings. The molecule has 2 aromatic carbocycles. The van der Waals surface area contributed by atoms with E-state index in [2.05, 4.69) is 9.47 Å². The molecule has 0 aliphatic rings. The number of esters is 1. The van der Waals surface area contributed by atoms with Crippen LogP contribution in [0.4, 0.5) is 26.3 Å². The number of hydrogen-bond acceptors (Lipinski definition) is 4. The van der Waals surface area contributed by atoms with Gasteiger partial charge < -0.3 is 14.2 Å². The van der Waals surface area contributed by atoms with Crippen LogP contribution in [0.2, 0.25) is 0 Å². The number of halogens is 6. The minimum atomic E-state index is -5.07. The van der Waals surface area contributed by atoms with Gasteiger partial charge in [-0.3, -0.25) is 0 Å². The van der Waals surface area contributed by atoms with Gasteiger partial charge in [0.1, 0.15) is 11.3 Å². The molecular weight excluding hydrogens is 382 g/mol. The number of alkyl halides is 6. The van der Waals surface area contributed by atoms with Crippen molar-refractivity contribution in [2.75, 3.05) is 0 Å². The van der Waals surface area contributed by atoms with Crippen LogP contribution in [0.5, 0.6) is 17.2 Å². The molecule has 0 saturated heterocycles. The first-order valence-electron chi connectivity index (χ1n) is 7.44. The molecule has 0 bridgehead atoms. The number of ether oxygens (including phenoxy) is 3. The average molecular weight is 394 g/mol. The van der Waals surface area contributed by atoms with Crippen molar-refractivity contribution >= 4 is 5.97 Å². The minimum Gasteiger partial charge on any atom is -0.419 e. The summed E-state index contributed by atoms with van der Waals surface area (Å²) in [6.07, 6.45) is -10.0. The summed E-state index contributed by atoms with van der Waals surface area (Å²) < 4.78 is 87.7. The Balaban J connectivity index is 2.37. The molecule has 0 heterocycles. The van der Waals surface area contributed by atoms with Crippen molar-refractivity contribution in [3.63, 3.8) is 0 Å². The average Bonchev–Trinajstić information content (AvgIpc) is 2.54. The summed E-state index contributed by atoms with van der Waals surface area (Å²) in [7, 11) is 0. The van der Waals surface area contributed by atoms with Crippen molar-refractivity contribution in [2.45, 2.75) is 26.1 Å². The maximum absolute atomic E-state index is 12.7. The number of benzene rings is 2. The lowest BCUT2D eigenvalue weighted by atomic mass is 10.1. The standard InChI is InChI=1S/C17H12F6O4/c1-2-10-6-5-7-11(14(10)27-17(21,22)23)15(24)25-12-8-3-4-9-13(12)26-16(18,19)20/h3-9H,2H2,1H3. The maximum atomic E-state index is 12.7. The SMILES string of the molecule is CCc1cccc(C(=O)Oc2ccccc2OC(F)(F)F)c1OC(F)(F)F. The smallest absolute Gasteiger partial charge is 0.419 e. The molecule has 146 valence electrons. The second kappa shape index (κ2) is 7.77. The van der Waals surface area contributed by atoms with E-state index in [1.165, 1.54) is 24.3 Å². The van der Waals surface area contributed by atoms with Crippen molar-refractivity contribution < 1.29 is 45.3 Å². The largest absolute Gasteiger partial charge is 0.573 e. The Morgan fingerprint density at radius 3 is 2.00 bits per heavy atom. The number of carbonyl (C=O) groups excluding carboxylic acids is 1. The molecular formula is C17H12F6O4. The molecule has 0 saturated carbocycles. The molecule has 0 radical (unpaired) electrons. The Bertz CT molecular complexity index is 814. The number of carbonyl (C=O) groups is 1. The predicted octanol–water partition coefficient (Wildman–Crippen LogP) is 5.27. The lowest BCUT2D eigenvalue weighted by Gasteiger charge is -2.17. The fourth-order valence-corrected chi connectivity index (χ4v) is 2.16. The fourth-order valence-electron chi connectivity index (χ4n) is 2.16. The number of rotatable bonds is 5. The van der Waals surface area contributed by atoms with E-state index in [1.807, 2.05) is 0 Å².